The number of benzene rings is 11. The van der Waals surface area contributed by atoms with Crippen molar-refractivity contribution >= 4 is 161 Å². The second-order valence-corrected chi connectivity index (χ2v) is 45.0. The van der Waals surface area contributed by atoms with E-state index in [1.807, 2.05) is 52.0 Å². The summed E-state index contributed by atoms with van der Waals surface area (Å²) in [5, 5.41) is 2.79. The molecule has 3 heterocycles. The quantitative estimate of drug-likeness (QED) is 0.0343. The van der Waals surface area contributed by atoms with Gasteiger partial charge in [-0.2, -0.15) is 0 Å². The van der Waals surface area contributed by atoms with Crippen LogP contribution in [0.25, 0.3) is 0 Å². The predicted octanol–water partition coefficient (Wildman–Crippen LogP) is 14.9. The van der Waals surface area contributed by atoms with Gasteiger partial charge >= 0.3 is 0 Å². The number of piperazine rings is 1. The van der Waals surface area contributed by atoms with E-state index in [0.717, 1.165) is 63.2 Å². The third kappa shape index (κ3) is 22.8. The van der Waals surface area contributed by atoms with Crippen LogP contribution in [0.3, 0.4) is 0 Å². The fourth-order valence-corrected chi connectivity index (χ4v) is 23.5. The van der Waals surface area contributed by atoms with E-state index in [2.05, 4.69) is 83.5 Å². The van der Waals surface area contributed by atoms with E-state index in [9.17, 15) is 90.0 Å². The molecule has 11 aromatic carbocycles. The first-order chi connectivity index (χ1) is 68.4. The number of anilines is 1. The largest absolute Gasteiger partial charge is 0.395 e. The summed E-state index contributed by atoms with van der Waals surface area (Å²) in [4.78, 5) is 138. The number of sulfone groups is 1. The van der Waals surface area contributed by atoms with Gasteiger partial charge in [0.1, 0.15) is 45.6 Å². The van der Waals surface area contributed by atoms with Crippen molar-refractivity contribution in [3.63, 3.8) is 0 Å². The topological polar surface area (TPSA) is 441 Å². The van der Waals surface area contributed by atoms with Gasteiger partial charge in [-0.15, -0.1) is 6.58 Å². The average molecular weight is 2210 g/mol. The van der Waals surface area contributed by atoms with Crippen molar-refractivity contribution in [1.82, 2.24) is 38.9 Å². The van der Waals surface area contributed by atoms with Crippen molar-refractivity contribution in [1.29, 1.82) is 0 Å². The summed E-state index contributed by atoms with van der Waals surface area (Å²) < 4.78 is 140. The van der Waals surface area contributed by atoms with Gasteiger partial charge < -0.3 is 30.7 Å². The van der Waals surface area contributed by atoms with Crippen LogP contribution in [-0.2, 0) is 49.9 Å². The Balaban J connectivity index is 0.000000135. The van der Waals surface area contributed by atoms with Crippen LogP contribution in [0.15, 0.2) is 386 Å². The maximum absolute atomic E-state index is 13.6. The van der Waals surface area contributed by atoms with Crippen LogP contribution in [0.5, 0.6) is 0 Å². The minimum Gasteiger partial charge on any atom is -0.395 e. The van der Waals surface area contributed by atoms with E-state index in [0.29, 0.717) is 63.5 Å². The molecule has 5 aliphatic carbocycles. The van der Waals surface area contributed by atoms with Crippen molar-refractivity contribution in [2.24, 2.45) is 5.73 Å². The third-order valence-corrected chi connectivity index (χ3v) is 32.9. The number of halogens is 3. The highest BCUT2D eigenvalue weighted by Crippen LogP contribution is 2.37. The van der Waals surface area contributed by atoms with Crippen molar-refractivity contribution < 1.29 is 90.0 Å². The molecule has 3 aliphatic heterocycles. The SMILES string of the molecule is C=CCNC1=C(NS(=O)(=O)c2ccc(C)cc2)C(=O)c2ccccc2C1=O.NC1=C(CS(=O)(=O)c2ccccc2)C(=O)c2ccccc2C1=O.O=C1C(NS(=O)(=O)c2ccc(Br)cc2)=C(N2CCCCC2)C(=O)c2ccccc21.O=C1C(NS(=O)(=O)c2ccc(Br)cc2)=C(N2CCCCC2)C(=O)c2ccccc21.O=C1C(NS(=O)(=O)c2ccc(Br)cc2)=C(N2CCN(c3ccccc3)CC2)C(=O)c2ccccc21. The van der Waals surface area contributed by atoms with E-state index in [4.69, 9.17) is 5.73 Å². The molecule has 7 N–H and O–H groups in total. The van der Waals surface area contributed by atoms with E-state index in [-0.39, 0.29) is 150 Å². The molecule has 8 aliphatic rings. The molecular weight excluding hydrogens is 2120 g/mol. The minimum atomic E-state index is -4.10. The average Bonchev–Trinajstić information content (AvgIpc) is 0.753. The Morgan fingerprint density at radius 3 is 0.874 bits per heavy atom. The number of rotatable bonds is 22. The van der Waals surface area contributed by atoms with Crippen molar-refractivity contribution in [3.05, 3.63) is 423 Å². The van der Waals surface area contributed by atoms with E-state index in [1.165, 1.54) is 91.0 Å². The summed E-state index contributed by atoms with van der Waals surface area (Å²) in [7, 11) is -20.0. The van der Waals surface area contributed by atoms with Gasteiger partial charge in [0.2, 0.25) is 52.0 Å². The highest BCUT2D eigenvalue weighted by atomic mass is 79.9. The number of likely N-dealkylation sites (tertiary alicyclic amines) is 2. The summed E-state index contributed by atoms with van der Waals surface area (Å²) in [5.41, 5.74) is 9.05. The maximum atomic E-state index is 13.6. The first kappa shape index (κ1) is 103. The summed E-state index contributed by atoms with van der Waals surface area (Å²) in [6.45, 7) is 10.2. The number of aryl methyl sites for hydroxylation is 1. The Kier molecular flexibility index (Phi) is 31.8. The highest BCUT2D eigenvalue weighted by molar-refractivity contribution is 9.11. The van der Waals surface area contributed by atoms with Gasteiger partial charge in [0.25, 0.3) is 40.1 Å². The molecule has 0 unspecified atom stereocenters. The molecule has 143 heavy (non-hydrogen) atoms. The second-order valence-electron chi connectivity index (χ2n) is 33.6. The molecule has 30 nitrogen and oxygen atoms in total. The molecule has 0 atom stereocenters. The standard InChI is InChI=1S/C26H22BrN3O4S.2C21H19BrN2O4S.C20H18N2O4S.C17H13NO4S/c27-18-10-12-20(13-11-18)35(33,34)28-23-24(26(32)22-9-5-4-8-21(22)25(23)31)30-16-14-29(15-17-30)19-6-2-1-3-7-19;2*22-14-8-10-15(11-9-14)29(27,28)23-18-19(24-12-4-1-5-13-24)21(26)17-7-3-2-6-16(17)20(18)25;1-3-12-21-17-18(20(24)16-7-5-4-6-15(16)19(17)23)22-27(25,26)14-10-8-13(2)9-11-14;18-15-14(10-23(21,22)11-6-2-1-3-7-11)16(19)12-8-4-5-9-13(12)17(15)20/h1-13,28H,14-17H2;2*2-3,6-11,23H,1,4-5,12-13H2;3-11,21-22H,1,12H2,2H3;1-9H,10,18H2. The predicted molar refractivity (Wildman–Crippen MR) is 547 cm³/mol. The third-order valence-electron chi connectivity index (χ3n) is 24.2. The van der Waals surface area contributed by atoms with Gasteiger partial charge in [0, 0.05) is 139 Å². The molecule has 732 valence electrons. The molecule has 0 aromatic heterocycles. The number of para-hydroxylation sites is 1. The zero-order valence-electron chi connectivity index (χ0n) is 76.4. The van der Waals surface area contributed by atoms with Crippen LogP contribution >= 0.6 is 47.8 Å². The number of nitrogens with one attached hydrogen (secondary N) is 5. The number of fused-ring (bicyclic) bond motifs is 5. The van der Waals surface area contributed by atoms with Gasteiger partial charge in [0.15, 0.2) is 15.6 Å². The van der Waals surface area contributed by atoms with Gasteiger partial charge in [-0.25, -0.2) is 42.1 Å². The molecule has 38 heteroatoms. The molecule has 0 spiro atoms. The number of nitrogens with zero attached hydrogens (tertiary/aromatic N) is 4. The van der Waals surface area contributed by atoms with Crippen LogP contribution < -0.4 is 34.8 Å². The molecule has 3 fully saturated rings. The monoisotopic (exact) mass is 2210 g/mol. The second kappa shape index (κ2) is 44.1. The lowest BCUT2D eigenvalue weighted by Gasteiger charge is -2.39. The van der Waals surface area contributed by atoms with Gasteiger partial charge in [-0.1, -0.05) is 229 Å². The molecule has 0 saturated carbocycles. The minimum absolute atomic E-state index is 0.000513. The van der Waals surface area contributed by atoms with Crippen molar-refractivity contribution in [2.75, 3.05) is 69.6 Å². The zero-order chi connectivity index (χ0) is 102. The number of Topliss-reactive ketones (excluding diaryl/α,β-unsaturated/α-hetero) is 10. The number of hydrogen-bond donors (Lipinski definition) is 6. The Bertz CT molecular complexity index is 7620. The highest BCUT2D eigenvalue weighted by Gasteiger charge is 2.44. The van der Waals surface area contributed by atoms with Crippen molar-refractivity contribution in [2.45, 2.75) is 69.9 Å². The first-order valence-electron chi connectivity index (χ1n) is 44.9. The Hall–Kier alpha value is -14.3. The fraction of sp³-hybridized carbons (Fsp3) is 0.162. The lowest BCUT2D eigenvalue weighted by molar-refractivity contribution is 0.0930. The Morgan fingerprint density at radius 1 is 0.287 bits per heavy atom. The molecule has 11 aromatic rings. The number of ketones is 10. The van der Waals surface area contributed by atoms with Gasteiger partial charge in [-0.3, -0.25) is 66.8 Å². The molecule has 3 saturated heterocycles. The molecular formula is C105H91Br3N10O20S5. The summed E-state index contributed by atoms with van der Waals surface area (Å²) >= 11 is 9.85. The maximum Gasteiger partial charge on any atom is 0.262 e. The Labute approximate surface area is 851 Å². The van der Waals surface area contributed by atoms with E-state index >= 15 is 0 Å². The molecule has 0 radical (unpaired) electrons. The number of carbonyl (C=O) groups is 10. The smallest absolute Gasteiger partial charge is 0.262 e. The van der Waals surface area contributed by atoms with E-state index in [1.54, 1.807) is 164 Å². The lowest BCUT2D eigenvalue weighted by Crippen LogP contribution is -2.49. The Morgan fingerprint density at radius 2 is 0.545 bits per heavy atom. The molecule has 0 bridgehead atoms. The number of carbonyl (C=O) groups excluding carboxylic acids is 10. The summed E-state index contributed by atoms with van der Waals surface area (Å²) in [5.74, 6) is -5.13. The van der Waals surface area contributed by atoms with Crippen LogP contribution in [0, 0.1) is 6.92 Å². The molecule has 0 amide bonds. The van der Waals surface area contributed by atoms with Gasteiger partial charge in [-0.05, 0) is 155 Å². The van der Waals surface area contributed by atoms with Crippen LogP contribution in [-0.4, -0.2) is 179 Å². The summed E-state index contributed by atoms with van der Waals surface area (Å²) in [6, 6.07) is 74.3. The van der Waals surface area contributed by atoms with Crippen LogP contribution in [0.2, 0.25) is 0 Å². The number of hydrogen-bond acceptors (Lipinski definition) is 26. The molecule has 19 rings (SSSR count). The van der Waals surface area contributed by atoms with E-state index < -0.39 is 96.2 Å². The van der Waals surface area contributed by atoms with Crippen LogP contribution in [0.4, 0.5) is 5.69 Å². The lowest BCUT2D eigenvalue weighted by atomic mass is 9.88. The number of piperidine rings is 2. The fourth-order valence-electron chi connectivity index (χ4n) is 17.0. The number of sulfonamides is 4. The zero-order valence-corrected chi connectivity index (χ0v) is 85.2. The van der Waals surface area contributed by atoms with Gasteiger partial charge in [0.05, 0.1) is 35.9 Å². The number of allylic oxidation sites excluding steroid dienone is 9. The summed E-state index contributed by atoms with van der Waals surface area (Å²) in [6.07, 6.45) is 7.15. The normalized spacial score (nSPS) is 16.1. The van der Waals surface area contributed by atoms with Crippen LogP contribution in [0.1, 0.15) is 148 Å². The van der Waals surface area contributed by atoms with Crippen molar-refractivity contribution in [3.8, 4) is 0 Å². The number of nitrogens with two attached hydrogens (primary N) is 1. The first-order valence-corrected chi connectivity index (χ1v) is 54.8.